The Morgan fingerprint density at radius 3 is 2.67 bits per heavy atom. The maximum Gasteiger partial charge on any atom is 0.305 e. The van der Waals surface area contributed by atoms with Crippen LogP contribution in [0.4, 0.5) is 0 Å². The molecule has 0 aromatic heterocycles. The van der Waals surface area contributed by atoms with Gasteiger partial charge in [0.05, 0.1) is 13.2 Å². The average molecular weight is 212 g/mol. The van der Waals surface area contributed by atoms with Crippen LogP contribution in [0.2, 0.25) is 0 Å². The fourth-order valence-electron chi connectivity index (χ4n) is 1.08. The van der Waals surface area contributed by atoms with Gasteiger partial charge in [-0.05, 0) is 26.2 Å². The number of carbonyl (C=O) groups is 1. The zero-order valence-electron chi connectivity index (χ0n) is 9.32. The lowest BCUT2D eigenvalue weighted by atomic mass is 10.2. The predicted molar refractivity (Wildman–Crippen MR) is 60.5 cm³/mol. The summed E-state index contributed by atoms with van der Waals surface area (Å²) in [6.07, 6.45) is 10.7. The van der Waals surface area contributed by atoms with E-state index in [0.29, 0.717) is 13.0 Å². The highest BCUT2D eigenvalue weighted by Crippen LogP contribution is 2.02. The number of allylic oxidation sites excluding steroid dienone is 3. The Hall–Kier alpha value is -1.09. The SMILES string of the molecule is CCOC(=O)CCCC/C=C\C=C\CO. The van der Waals surface area contributed by atoms with Crippen molar-refractivity contribution >= 4 is 5.97 Å². The summed E-state index contributed by atoms with van der Waals surface area (Å²) in [7, 11) is 0. The number of ether oxygens (including phenoxy) is 1. The van der Waals surface area contributed by atoms with Gasteiger partial charge in [0, 0.05) is 6.42 Å². The van der Waals surface area contributed by atoms with E-state index in [2.05, 4.69) is 0 Å². The van der Waals surface area contributed by atoms with Gasteiger partial charge in [-0.25, -0.2) is 0 Å². The Kier molecular flexibility index (Phi) is 10.2. The fraction of sp³-hybridized carbons (Fsp3) is 0.583. The summed E-state index contributed by atoms with van der Waals surface area (Å²) in [5.41, 5.74) is 0. The van der Waals surface area contributed by atoms with Crippen LogP contribution in [0.3, 0.4) is 0 Å². The summed E-state index contributed by atoms with van der Waals surface area (Å²) in [5.74, 6) is -0.110. The summed E-state index contributed by atoms with van der Waals surface area (Å²) < 4.78 is 4.81. The molecule has 0 amide bonds. The maximum absolute atomic E-state index is 10.9. The molecule has 0 unspecified atom stereocenters. The van der Waals surface area contributed by atoms with Gasteiger partial charge in [-0.15, -0.1) is 0 Å². The first-order valence-electron chi connectivity index (χ1n) is 5.39. The number of esters is 1. The number of hydrogen-bond acceptors (Lipinski definition) is 3. The number of aliphatic hydroxyl groups excluding tert-OH is 1. The second kappa shape index (κ2) is 11.0. The van der Waals surface area contributed by atoms with Crippen molar-refractivity contribution in [1.82, 2.24) is 0 Å². The van der Waals surface area contributed by atoms with Gasteiger partial charge in [0.15, 0.2) is 0 Å². The Morgan fingerprint density at radius 2 is 2.00 bits per heavy atom. The fourth-order valence-corrected chi connectivity index (χ4v) is 1.08. The van der Waals surface area contributed by atoms with Gasteiger partial charge in [-0.2, -0.15) is 0 Å². The second-order valence-electron chi connectivity index (χ2n) is 3.09. The molecule has 0 bridgehead atoms. The van der Waals surface area contributed by atoms with Gasteiger partial charge in [-0.1, -0.05) is 24.3 Å². The van der Waals surface area contributed by atoms with Crippen molar-refractivity contribution in [2.45, 2.75) is 32.6 Å². The first-order valence-corrected chi connectivity index (χ1v) is 5.39. The van der Waals surface area contributed by atoms with Gasteiger partial charge in [0.25, 0.3) is 0 Å². The maximum atomic E-state index is 10.9. The van der Waals surface area contributed by atoms with Crippen LogP contribution in [0.25, 0.3) is 0 Å². The lowest BCUT2D eigenvalue weighted by Gasteiger charge is -1.99. The van der Waals surface area contributed by atoms with Crippen molar-refractivity contribution in [3.63, 3.8) is 0 Å². The standard InChI is InChI=1S/C12H20O3/c1-2-15-12(14)10-8-6-4-3-5-7-9-11-13/h3,5,7,9,13H,2,4,6,8,10-11H2,1H3/b5-3-,9-7+. The van der Waals surface area contributed by atoms with Crippen LogP contribution < -0.4 is 0 Å². The molecule has 3 heteroatoms. The Balaban J connectivity index is 3.28. The molecule has 0 spiro atoms. The van der Waals surface area contributed by atoms with Gasteiger partial charge in [0.1, 0.15) is 0 Å². The number of carbonyl (C=O) groups excluding carboxylic acids is 1. The molecule has 0 rings (SSSR count). The van der Waals surface area contributed by atoms with Crippen LogP contribution >= 0.6 is 0 Å². The normalized spacial score (nSPS) is 11.3. The first-order chi connectivity index (χ1) is 7.31. The zero-order valence-corrected chi connectivity index (χ0v) is 9.32. The summed E-state index contributed by atoms with van der Waals surface area (Å²) in [4.78, 5) is 10.9. The van der Waals surface area contributed by atoms with Gasteiger partial charge in [0.2, 0.25) is 0 Å². The van der Waals surface area contributed by atoms with Crippen molar-refractivity contribution in [2.24, 2.45) is 0 Å². The number of aliphatic hydroxyl groups is 1. The smallest absolute Gasteiger partial charge is 0.305 e. The Morgan fingerprint density at radius 1 is 1.27 bits per heavy atom. The first kappa shape index (κ1) is 13.9. The molecule has 1 N–H and O–H groups in total. The third kappa shape index (κ3) is 10.8. The highest BCUT2D eigenvalue weighted by atomic mass is 16.5. The molecule has 86 valence electrons. The molecule has 0 aliphatic heterocycles. The van der Waals surface area contributed by atoms with E-state index in [0.717, 1.165) is 19.3 Å². The van der Waals surface area contributed by atoms with E-state index in [1.165, 1.54) is 0 Å². The van der Waals surface area contributed by atoms with E-state index in [1.54, 1.807) is 6.08 Å². The zero-order chi connectivity index (χ0) is 11.4. The van der Waals surface area contributed by atoms with E-state index in [-0.39, 0.29) is 12.6 Å². The van der Waals surface area contributed by atoms with Crippen molar-refractivity contribution < 1.29 is 14.6 Å². The molecular formula is C12H20O3. The Labute approximate surface area is 91.4 Å². The monoisotopic (exact) mass is 212 g/mol. The van der Waals surface area contributed by atoms with E-state index in [1.807, 2.05) is 25.2 Å². The van der Waals surface area contributed by atoms with Crippen molar-refractivity contribution in [3.05, 3.63) is 24.3 Å². The van der Waals surface area contributed by atoms with Crippen LogP contribution in [0.1, 0.15) is 32.6 Å². The third-order valence-corrected chi connectivity index (χ3v) is 1.80. The molecule has 0 aromatic carbocycles. The van der Waals surface area contributed by atoms with Crippen LogP contribution in [-0.4, -0.2) is 24.3 Å². The van der Waals surface area contributed by atoms with E-state index < -0.39 is 0 Å². The quantitative estimate of drug-likeness (QED) is 0.381. The minimum Gasteiger partial charge on any atom is -0.466 e. The molecule has 0 aliphatic rings. The third-order valence-electron chi connectivity index (χ3n) is 1.80. The molecule has 0 fully saturated rings. The van der Waals surface area contributed by atoms with Crippen molar-refractivity contribution in [1.29, 1.82) is 0 Å². The van der Waals surface area contributed by atoms with Gasteiger partial charge < -0.3 is 9.84 Å². The van der Waals surface area contributed by atoms with Crippen LogP contribution in [-0.2, 0) is 9.53 Å². The van der Waals surface area contributed by atoms with Crippen molar-refractivity contribution in [3.8, 4) is 0 Å². The molecule has 0 heterocycles. The number of rotatable bonds is 8. The summed E-state index contributed by atoms with van der Waals surface area (Å²) in [5, 5.41) is 8.45. The molecular weight excluding hydrogens is 192 g/mol. The van der Waals surface area contributed by atoms with Gasteiger partial charge in [-0.3, -0.25) is 4.79 Å². The summed E-state index contributed by atoms with van der Waals surface area (Å²) in [6, 6.07) is 0. The molecule has 0 saturated heterocycles. The largest absolute Gasteiger partial charge is 0.466 e. The van der Waals surface area contributed by atoms with E-state index >= 15 is 0 Å². The molecule has 0 saturated carbocycles. The highest BCUT2D eigenvalue weighted by Gasteiger charge is 1.99. The molecule has 15 heavy (non-hydrogen) atoms. The summed E-state index contributed by atoms with van der Waals surface area (Å²) in [6.45, 7) is 2.35. The van der Waals surface area contributed by atoms with Crippen LogP contribution in [0.5, 0.6) is 0 Å². The molecule has 0 atom stereocenters. The number of unbranched alkanes of at least 4 members (excludes halogenated alkanes) is 2. The lowest BCUT2D eigenvalue weighted by molar-refractivity contribution is -0.143. The van der Waals surface area contributed by atoms with Crippen LogP contribution in [0.15, 0.2) is 24.3 Å². The second-order valence-corrected chi connectivity index (χ2v) is 3.09. The Bertz CT molecular complexity index is 207. The van der Waals surface area contributed by atoms with Crippen molar-refractivity contribution in [2.75, 3.05) is 13.2 Å². The minimum absolute atomic E-state index is 0.0766. The molecule has 0 aliphatic carbocycles. The van der Waals surface area contributed by atoms with E-state index in [4.69, 9.17) is 9.84 Å². The topological polar surface area (TPSA) is 46.5 Å². The van der Waals surface area contributed by atoms with E-state index in [9.17, 15) is 4.79 Å². The lowest BCUT2D eigenvalue weighted by Crippen LogP contribution is -2.02. The van der Waals surface area contributed by atoms with Gasteiger partial charge >= 0.3 is 5.97 Å². The summed E-state index contributed by atoms with van der Waals surface area (Å²) >= 11 is 0. The molecule has 0 radical (unpaired) electrons. The number of hydrogen-bond donors (Lipinski definition) is 1. The van der Waals surface area contributed by atoms with Crippen LogP contribution in [0, 0.1) is 0 Å². The molecule has 3 nitrogen and oxygen atoms in total. The predicted octanol–water partition coefficient (Wildman–Crippen LogP) is 2.21. The highest BCUT2D eigenvalue weighted by molar-refractivity contribution is 5.69. The molecule has 0 aromatic rings. The average Bonchev–Trinajstić information content (AvgIpc) is 2.22. The minimum atomic E-state index is -0.110.